The first-order valence-corrected chi connectivity index (χ1v) is 8.87. The molecule has 0 radical (unpaired) electrons. The van der Waals surface area contributed by atoms with Gasteiger partial charge in [0, 0.05) is 22.9 Å². The first kappa shape index (κ1) is 18.3. The third-order valence-electron chi connectivity index (χ3n) is 4.52. The number of nitrogens with one attached hydrogen (secondary N) is 2. The summed E-state index contributed by atoms with van der Waals surface area (Å²) < 4.78 is 12.6. The van der Waals surface area contributed by atoms with Crippen molar-refractivity contribution in [2.45, 2.75) is 0 Å². The lowest BCUT2D eigenvalue weighted by molar-refractivity contribution is -0.509. The zero-order valence-electron chi connectivity index (χ0n) is 16.0. The molecule has 0 spiro atoms. The first-order valence-electron chi connectivity index (χ1n) is 8.87. The molecule has 0 aliphatic rings. The minimum Gasteiger partial charge on any atom is -0.493 e. The lowest BCUT2D eigenvalue weighted by Gasteiger charge is -2.11. The smallest absolute Gasteiger partial charge is 0.327 e. The number of ether oxygens (including phenoxy) is 2. The van der Waals surface area contributed by atoms with Crippen molar-refractivity contribution in [3.63, 3.8) is 0 Å². The number of methoxy groups -OCH3 is 2. The molecule has 8 heteroatoms. The van der Waals surface area contributed by atoms with Crippen LogP contribution in [0.3, 0.4) is 0 Å². The Morgan fingerprint density at radius 3 is 2.72 bits per heavy atom. The van der Waals surface area contributed by atoms with Gasteiger partial charge in [0.25, 0.3) is 0 Å². The van der Waals surface area contributed by atoms with Crippen LogP contribution in [0.15, 0.2) is 61.1 Å². The fourth-order valence-corrected chi connectivity index (χ4v) is 3.09. The summed E-state index contributed by atoms with van der Waals surface area (Å²) in [6, 6.07) is 12.6. The van der Waals surface area contributed by atoms with Crippen LogP contribution in [-0.2, 0) is 0 Å². The van der Waals surface area contributed by atoms with Crippen LogP contribution in [0, 0.1) is 0 Å². The minimum absolute atomic E-state index is 0.429. The third kappa shape index (κ3) is 3.55. The van der Waals surface area contributed by atoms with E-state index in [1.807, 2.05) is 47.3 Å². The molecule has 2 heterocycles. The Bertz CT molecular complexity index is 1200. The molecule has 146 valence electrons. The Morgan fingerprint density at radius 1 is 1.14 bits per heavy atom. The molecular weight excluding hydrogens is 370 g/mol. The van der Waals surface area contributed by atoms with Crippen LogP contribution < -0.4 is 24.9 Å². The van der Waals surface area contributed by atoms with Crippen molar-refractivity contribution in [2.75, 3.05) is 19.5 Å². The number of H-pyrrole nitrogens is 1. The standard InChI is InChI=1S/C21H19N5O3/c1-28-17-7-6-15(11-18(17)29-2)24-20-21-23-8-9-26(21)12-16(25-20)13-4-3-5-14(10-13)19(22)27/h3-12H,1-2H3,(H3,22,24,25,27)/p+1. The van der Waals surface area contributed by atoms with E-state index < -0.39 is 5.91 Å². The molecule has 8 nitrogen and oxygen atoms in total. The number of benzene rings is 2. The highest BCUT2D eigenvalue weighted by Crippen LogP contribution is 2.31. The van der Waals surface area contributed by atoms with Crippen molar-refractivity contribution in [1.82, 2.24) is 9.97 Å². The lowest BCUT2D eigenvalue weighted by atomic mass is 10.1. The summed E-state index contributed by atoms with van der Waals surface area (Å²) in [7, 11) is 3.18. The van der Waals surface area contributed by atoms with E-state index in [4.69, 9.17) is 20.2 Å². The van der Waals surface area contributed by atoms with Crippen molar-refractivity contribution < 1.29 is 18.7 Å². The Hall–Kier alpha value is -4.07. The van der Waals surface area contributed by atoms with Gasteiger partial charge in [-0.25, -0.2) is 9.97 Å². The Labute approximate surface area is 166 Å². The number of hydrogen-bond acceptors (Lipinski definition) is 5. The van der Waals surface area contributed by atoms with Crippen LogP contribution in [0.5, 0.6) is 11.5 Å². The summed E-state index contributed by atoms with van der Waals surface area (Å²) in [5.74, 6) is 1.38. The molecule has 4 rings (SSSR count). The normalized spacial score (nSPS) is 10.7. The van der Waals surface area contributed by atoms with Gasteiger partial charge in [-0.1, -0.05) is 12.1 Å². The summed E-state index contributed by atoms with van der Waals surface area (Å²) in [6.07, 6.45) is 5.59. The average Bonchev–Trinajstić information content (AvgIpc) is 3.22. The van der Waals surface area contributed by atoms with Gasteiger partial charge >= 0.3 is 5.65 Å². The van der Waals surface area contributed by atoms with Crippen LogP contribution in [0.2, 0.25) is 0 Å². The summed E-state index contributed by atoms with van der Waals surface area (Å²) >= 11 is 0. The number of carbonyl (C=O) groups excluding carboxylic acids is 1. The number of amides is 1. The SMILES string of the molecule is COc1ccc(Nc2nc(-c3cccc(C(N)=O)c3)c[n+]3cc[nH]c23)cc1OC. The molecule has 0 aliphatic carbocycles. The maximum Gasteiger partial charge on any atom is 0.327 e. The molecule has 0 atom stereocenters. The number of imidazole rings is 1. The molecular formula is C21H20N5O3+. The van der Waals surface area contributed by atoms with Gasteiger partial charge in [-0.05, 0) is 24.3 Å². The number of fused-ring (bicyclic) bond motifs is 1. The van der Waals surface area contributed by atoms with E-state index >= 15 is 0 Å². The highest BCUT2D eigenvalue weighted by Gasteiger charge is 2.16. The van der Waals surface area contributed by atoms with Crippen molar-refractivity contribution in [3.05, 3.63) is 66.6 Å². The van der Waals surface area contributed by atoms with Crippen molar-refractivity contribution >= 4 is 23.1 Å². The molecule has 0 aliphatic heterocycles. The summed E-state index contributed by atoms with van der Waals surface area (Å²) in [5.41, 5.74) is 8.89. The molecule has 2 aromatic carbocycles. The van der Waals surface area contributed by atoms with Crippen molar-refractivity contribution in [3.8, 4) is 22.8 Å². The zero-order valence-corrected chi connectivity index (χ0v) is 16.0. The molecule has 0 fully saturated rings. The lowest BCUT2D eigenvalue weighted by Crippen LogP contribution is -2.21. The van der Waals surface area contributed by atoms with Crippen molar-refractivity contribution in [2.24, 2.45) is 5.73 Å². The van der Waals surface area contributed by atoms with Gasteiger partial charge in [-0.2, -0.15) is 4.40 Å². The zero-order chi connectivity index (χ0) is 20.4. The minimum atomic E-state index is -0.481. The highest BCUT2D eigenvalue weighted by molar-refractivity contribution is 5.94. The summed E-state index contributed by atoms with van der Waals surface area (Å²) in [5, 5.41) is 3.32. The second-order valence-corrected chi connectivity index (χ2v) is 6.33. The number of hydrogen-bond donors (Lipinski definition) is 3. The second-order valence-electron chi connectivity index (χ2n) is 6.33. The maximum absolute atomic E-state index is 11.5. The van der Waals surface area contributed by atoms with E-state index in [9.17, 15) is 4.79 Å². The Morgan fingerprint density at radius 2 is 1.97 bits per heavy atom. The van der Waals surface area contributed by atoms with Gasteiger partial charge in [0.2, 0.25) is 11.7 Å². The Balaban J connectivity index is 1.78. The van der Waals surface area contributed by atoms with E-state index in [0.717, 1.165) is 16.9 Å². The molecule has 0 unspecified atom stereocenters. The van der Waals surface area contributed by atoms with E-state index in [0.29, 0.717) is 28.6 Å². The van der Waals surface area contributed by atoms with E-state index in [2.05, 4.69) is 10.3 Å². The number of aromatic amines is 1. The second kappa shape index (κ2) is 7.51. The molecule has 0 saturated heterocycles. The first-order chi connectivity index (χ1) is 14.1. The number of nitrogens with zero attached hydrogens (tertiary/aromatic N) is 2. The number of rotatable bonds is 6. The van der Waals surface area contributed by atoms with E-state index in [-0.39, 0.29) is 0 Å². The average molecular weight is 390 g/mol. The van der Waals surface area contributed by atoms with Crippen LogP contribution >= 0.6 is 0 Å². The van der Waals surface area contributed by atoms with Crippen LogP contribution in [0.25, 0.3) is 16.9 Å². The van der Waals surface area contributed by atoms with Crippen molar-refractivity contribution in [1.29, 1.82) is 0 Å². The van der Waals surface area contributed by atoms with Gasteiger partial charge in [-0.15, -0.1) is 0 Å². The number of anilines is 2. The van der Waals surface area contributed by atoms with Crippen LogP contribution in [0.4, 0.5) is 11.5 Å². The predicted octanol–water partition coefficient (Wildman–Crippen LogP) is 2.68. The van der Waals surface area contributed by atoms with Gasteiger partial charge < -0.3 is 20.5 Å². The molecule has 0 saturated carbocycles. The van der Waals surface area contributed by atoms with Gasteiger partial charge in [0.05, 0.1) is 14.2 Å². The van der Waals surface area contributed by atoms with E-state index in [1.54, 1.807) is 32.4 Å². The number of nitrogens with two attached hydrogens (primary N) is 1. The largest absolute Gasteiger partial charge is 0.493 e. The summed E-state index contributed by atoms with van der Waals surface area (Å²) in [4.78, 5) is 19.5. The van der Waals surface area contributed by atoms with Crippen LogP contribution in [-0.4, -0.2) is 30.1 Å². The maximum atomic E-state index is 11.5. The topological polar surface area (TPSA) is 106 Å². The van der Waals surface area contributed by atoms with Gasteiger partial charge in [-0.3, -0.25) is 4.79 Å². The van der Waals surface area contributed by atoms with Gasteiger partial charge in [0.1, 0.15) is 24.3 Å². The van der Waals surface area contributed by atoms with Crippen LogP contribution in [0.1, 0.15) is 10.4 Å². The molecule has 2 aromatic heterocycles. The number of primary amides is 1. The molecule has 29 heavy (non-hydrogen) atoms. The molecule has 0 bridgehead atoms. The molecule has 1 amide bonds. The monoisotopic (exact) mass is 390 g/mol. The molecule has 4 aromatic rings. The molecule has 4 N–H and O–H groups in total. The van der Waals surface area contributed by atoms with Gasteiger partial charge in [0.15, 0.2) is 11.5 Å². The summed E-state index contributed by atoms with van der Waals surface area (Å²) in [6.45, 7) is 0. The fraction of sp³-hybridized carbons (Fsp3) is 0.0952. The Kier molecular flexibility index (Phi) is 4.74. The fourth-order valence-electron chi connectivity index (χ4n) is 3.09. The predicted molar refractivity (Wildman–Crippen MR) is 109 cm³/mol. The highest BCUT2D eigenvalue weighted by atomic mass is 16.5. The number of carbonyl (C=O) groups is 1. The van der Waals surface area contributed by atoms with E-state index in [1.165, 1.54) is 0 Å². The quantitative estimate of drug-likeness (QED) is 0.439. The number of aromatic nitrogens is 3. The third-order valence-corrected chi connectivity index (χ3v) is 4.52.